The average molecular weight is 506 g/mol. The second kappa shape index (κ2) is 10.7. The number of anilines is 1. The number of aromatic nitrogens is 1. The summed E-state index contributed by atoms with van der Waals surface area (Å²) in [7, 11) is -3.87. The van der Waals surface area contributed by atoms with Crippen LogP contribution < -0.4 is 9.62 Å². The van der Waals surface area contributed by atoms with Gasteiger partial charge in [-0.25, -0.2) is 8.42 Å². The van der Waals surface area contributed by atoms with E-state index >= 15 is 0 Å². The number of carbonyl (C=O) groups excluding carboxylic acids is 1. The molecule has 1 N–H and O–H groups in total. The quantitative estimate of drug-likeness (QED) is 0.349. The van der Waals surface area contributed by atoms with Gasteiger partial charge in [0.1, 0.15) is 0 Å². The fourth-order valence-electron chi connectivity index (χ4n) is 3.57. The van der Waals surface area contributed by atoms with Gasteiger partial charge in [-0.3, -0.25) is 14.1 Å². The standard InChI is InChI=1S/C27H24ClN3O3S/c1-20-10-15-23(28)17-26(20)31(35(33,34)25-8-3-2-4-9-25)19-21-11-13-22(14-12-21)27(32)30-18-24-7-5-6-16-29-24/h2-17H,18-19H2,1H3,(H,30,32). The van der Waals surface area contributed by atoms with Crippen LogP contribution in [0, 0.1) is 6.92 Å². The molecule has 0 aliphatic carbocycles. The fraction of sp³-hybridized carbons (Fsp3) is 0.111. The van der Waals surface area contributed by atoms with Crippen molar-refractivity contribution in [3.05, 3.63) is 125 Å². The number of benzene rings is 3. The van der Waals surface area contributed by atoms with E-state index in [1.807, 2.05) is 25.1 Å². The molecule has 1 amide bonds. The lowest BCUT2D eigenvalue weighted by Crippen LogP contribution is -2.31. The first kappa shape index (κ1) is 24.4. The Morgan fingerprint density at radius 2 is 1.66 bits per heavy atom. The molecular weight excluding hydrogens is 482 g/mol. The summed E-state index contributed by atoms with van der Waals surface area (Å²) < 4.78 is 28.6. The maximum atomic E-state index is 13.6. The summed E-state index contributed by atoms with van der Waals surface area (Å²) in [6, 6.07) is 25.8. The molecule has 0 atom stereocenters. The van der Waals surface area contributed by atoms with Gasteiger partial charge in [-0.2, -0.15) is 0 Å². The van der Waals surface area contributed by atoms with Crippen LogP contribution in [0.4, 0.5) is 5.69 Å². The highest BCUT2D eigenvalue weighted by atomic mass is 35.5. The van der Waals surface area contributed by atoms with Crippen LogP contribution in [0.1, 0.15) is 27.2 Å². The van der Waals surface area contributed by atoms with Gasteiger partial charge in [0.2, 0.25) is 0 Å². The van der Waals surface area contributed by atoms with Crippen molar-refractivity contribution in [1.29, 1.82) is 0 Å². The number of hydrogen-bond acceptors (Lipinski definition) is 4. The molecule has 0 spiro atoms. The first-order chi connectivity index (χ1) is 16.8. The first-order valence-electron chi connectivity index (χ1n) is 11.0. The van der Waals surface area contributed by atoms with E-state index in [2.05, 4.69) is 10.3 Å². The molecule has 1 heterocycles. The molecule has 4 aromatic rings. The molecule has 0 fully saturated rings. The Morgan fingerprint density at radius 3 is 2.34 bits per heavy atom. The minimum atomic E-state index is -3.87. The topological polar surface area (TPSA) is 79.4 Å². The molecule has 0 radical (unpaired) electrons. The van der Waals surface area contributed by atoms with Gasteiger partial charge < -0.3 is 5.32 Å². The SMILES string of the molecule is Cc1ccc(Cl)cc1N(Cc1ccc(C(=O)NCc2ccccn2)cc1)S(=O)(=O)c1ccccc1. The molecule has 1 aromatic heterocycles. The maximum Gasteiger partial charge on any atom is 0.264 e. The number of hydrogen-bond donors (Lipinski definition) is 1. The van der Waals surface area contributed by atoms with Crippen molar-refractivity contribution in [3.8, 4) is 0 Å². The van der Waals surface area contributed by atoms with Crippen LogP contribution >= 0.6 is 11.6 Å². The number of rotatable bonds is 8. The normalized spacial score (nSPS) is 11.1. The van der Waals surface area contributed by atoms with Crippen molar-refractivity contribution in [1.82, 2.24) is 10.3 Å². The number of carbonyl (C=O) groups is 1. The molecule has 0 bridgehead atoms. The van der Waals surface area contributed by atoms with Crippen LogP contribution in [0.2, 0.25) is 5.02 Å². The van der Waals surface area contributed by atoms with Crippen molar-refractivity contribution in [2.75, 3.05) is 4.31 Å². The van der Waals surface area contributed by atoms with Crippen molar-refractivity contribution < 1.29 is 13.2 Å². The highest BCUT2D eigenvalue weighted by molar-refractivity contribution is 7.92. The lowest BCUT2D eigenvalue weighted by molar-refractivity contribution is 0.0950. The number of halogens is 1. The predicted octanol–water partition coefficient (Wildman–Crippen LogP) is 5.37. The third kappa shape index (κ3) is 5.88. The van der Waals surface area contributed by atoms with Crippen molar-refractivity contribution in [2.24, 2.45) is 0 Å². The Hall–Kier alpha value is -3.68. The zero-order valence-electron chi connectivity index (χ0n) is 19.1. The molecule has 0 saturated heterocycles. The number of nitrogens with one attached hydrogen (secondary N) is 1. The van der Waals surface area contributed by atoms with Crippen molar-refractivity contribution >= 4 is 33.2 Å². The summed E-state index contributed by atoms with van der Waals surface area (Å²) in [5.41, 5.74) is 3.24. The summed E-state index contributed by atoms with van der Waals surface area (Å²) in [5, 5.41) is 3.28. The molecule has 0 saturated carbocycles. The summed E-state index contributed by atoms with van der Waals surface area (Å²) in [4.78, 5) is 16.9. The van der Waals surface area contributed by atoms with Crippen LogP contribution in [-0.4, -0.2) is 19.3 Å². The van der Waals surface area contributed by atoms with Crippen LogP contribution in [0.15, 0.2) is 102 Å². The largest absolute Gasteiger partial charge is 0.346 e. The molecule has 0 aliphatic rings. The summed E-state index contributed by atoms with van der Waals surface area (Å²) in [6.07, 6.45) is 1.67. The van der Waals surface area contributed by atoms with Crippen LogP contribution in [0.3, 0.4) is 0 Å². The van der Waals surface area contributed by atoms with E-state index in [0.29, 0.717) is 22.8 Å². The van der Waals surface area contributed by atoms with Crippen LogP contribution in [0.25, 0.3) is 0 Å². The highest BCUT2D eigenvalue weighted by Gasteiger charge is 2.26. The van der Waals surface area contributed by atoms with E-state index in [4.69, 9.17) is 11.6 Å². The summed E-state index contributed by atoms with van der Waals surface area (Å²) in [5.74, 6) is -0.235. The Balaban J connectivity index is 1.59. The third-order valence-electron chi connectivity index (χ3n) is 5.47. The molecule has 6 nitrogen and oxygen atoms in total. The number of nitrogens with zero attached hydrogens (tertiary/aromatic N) is 2. The predicted molar refractivity (Wildman–Crippen MR) is 138 cm³/mol. The Bertz CT molecular complexity index is 1410. The summed E-state index contributed by atoms with van der Waals surface area (Å²) in [6.45, 7) is 2.24. The van der Waals surface area contributed by atoms with E-state index < -0.39 is 10.0 Å². The Labute approximate surface area is 210 Å². The molecule has 35 heavy (non-hydrogen) atoms. The molecule has 3 aromatic carbocycles. The van der Waals surface area contributed by atoms with E-state index in [9.17, 15) is 13.2 Å². The molecule has 0 aliphatic heterocycles. The van der Waals surface area contributed by atoms with E-state index in [1.54, 1.807) is 79.0 Å². The van der Waals surface area contributed by atoms with Gasteiger partial charge in [0.05, 0.1) is 29.4 Å². The smallest absolute Gasteiger partial charge is 0.264 e. The summed E-state index contributed by atoms with van der Waals surface area (Å²) >= 11 is 6.22. The van der Waals surface area contributed by atoms with Gasteiger partial charge in [-0.05, 0) is 66.6 Å². The Kier molecular flexibility index (Phi) is 7.48. The lowest BCUT2D eigenvalue weighted by atomic mass is 10.1. The van der Waals surface area contributed by atoms with Crippen molar-refractivity contribution in [2.45, 2.75) is 24.9 Å². The minimum absolute atomic E-state index is 0.0776. The molecular formula is C27H24ClN3O3S. The van der Waals surface area contributed by atoms with Gasteiger partial charge in [-0.15, -0.1) is 0 Å². The van der Waals surface area contributed by atoms with E-state index in [1.165, 1.54) is 4.31 Å². The van der Waals surface area contributed by atoms with E-state index in [0.717, 1.165) is 16.8 Å². The van der Waals surface area contributed by atoms with E-state index in [-0.39, 0.29) is 17.3 Å². The monoisotopic (exact) mass is 505 g/mol. The number of sulfonamides is 1. The maximum absolute atomic E-state index is 13.6. The first-order valence-corrected chi connectivity index (χ1v) is 12.8. The zero-order chi connectivity index (χ0) is 24.8. The number of pyridine rings is 1. The minimum Gasteiger partial charge on any atom is -0.346 e. The third-order valence-corrected chi connectivity index (χ3v) is 7.48. The van der Waals surface area contributed by atoms with Gasteiger partial charge in [-0.1, -0.05) is 54.1 Å². The van der Waals surface area contributed by atoms with Gasteiger partial charge in [0.25, 0.3) is 15.9 Å². The molecule has 178 valence electrons. The average Bonchev–Trinajstić information content (AvgIpc) is 2.89. The Morgan fingerprint density at radius 1 is 0.943 bits per heavy atom. The molecule has 0 unspecified atom stereocenters. The highest BCUT2D eigenvalue weighted by Crippen LogP contribution is 2.31. The van der Waals surface area contributed by atoms with Gasteiger partial charge in [0, 0.05) is 16.8 Å². The van der Waals surface area contributed by atoms with Crippen LogP contribution in [-0.2, 0) is 23.1 Å². The molecule has 8 heteroatoms. The second-order valence-corrected chi connectivity index (χ2v) is 10.3. The zero-order valence-corrected chi connectivity index (χ0v) is 20.6. The van der Waals surface area contributed by atoms with Gasteiger partial charge in [0.15, 0.2) is 0 Å². The fourth-order valence-corrected chi connectivity index (χ4v) is 5.27. The number of amides is 1. The number of aryl methyl sites for hydroxylation is 1. The van der Waals surface area contributed by atoms with Crippen LogP contribution in [0.5, 0.6) is 0 Å². The van der Waals surface area contributed by atoms with Crippen molar-refractivity contribution in [3.63, 3.8) is 0 Å². The molecule has 4 rings (SSSR count). The second-order valence-electron chi connectivity index (χ2n) is 7.96. The van der Waals surface area contributed by atoms with Gasteiger partial charge >= 0.3 is 0 Å². The lowest BCUT2D eigenvalue weighted by Gasteiger charge is -2.26.